The van der Waals surface area contributed by atoms with Crippen LogP contribution in [-0.4, -0.2) is 35.9 Å². The van der Waals surface area contributed by atoms with Crippen molar-refractivity contribution in [1.82, 2.24) is 10.2 Å². The van der Waals surface area contributed by atoms with Gasteiger partial charge in [-0.1, -0.05) is 52.1 Å². The van der Waals surface area contributed by atoms with E-state index in [1.165, 1.54) is 4.90 Å². The van der Waals surface area contributed by atoms with Gasteiger partial charge in [0.1, 0.15) is 11.8 Å². The molecule has 0 bridgehead atoms. The predicted molar refractivity (Wildman–Crippen MR) is 124 cm³/mol. The Balaban J connectivity index is 2.17. The molecule has 1 atom stereocenters. The van der Waals surface area contributed by atoms with Crippen molar-refractivity contribution in [2.45, 2.75) is 39.8 Å². The standard InChI is InChI=1S/C22H25BrCl2N2O3/c1-4-9-26-22(29)15(3)27(12-16-5-8-19(24)20(25)11-16)21(28)13-30-17-6-7-18(23)14(2)10-17/h5-8,10-11,15H,4,9,12-13H2,1-3H3,(H,26,29). The number of benzene rings is 2. The summed E-state index contributed by atoms with van der Waals surface area (Å²) in [5.41, 5.74) is 1.77. The third-order valence-electron chi connectivity index (χ3n) is 4.55. The zero-order valence-corrected chi connectivity index (χ0v) is 20.3. The summed E-state index contributed by atoms with van der Waals surface area (Å²) in [5.74, 6) is 0.0622. The Morgan fingerprint density at radius 2 is 1.90 bits per heavy atom. The lowest BCUT2D eigenvalue weighted by Crippen LogP contribution is -2.49. The van der Waals surface area contributed by atoms with Crippen LogP contribution < -0.4 is 10.1 Å². The van der Waals surface area contributed by atoms with E-state index in [9.17, 15) is 9.59 Å². The molecular formula is C22H25BrCl2N2O3. The van der Waals surface area contributed by atoms with Gasteiger partial charge in [-0.3, -0.25) is 9.59 Å². The van der Waals surface area contributed by atoms with E-state index in [0.717, 1.165) is 22.0 Å². The average molecular weight is 516 g/mol. The monoisotopic (exact) mass is 514 g/mol. The van der Waals surface area contributed by atoms with Crippen molar-refractivity contribution in [2.75, 3.05) is 13.2 Å². The molecule has 0 heterocycles. The second kappa shape index (κ2) is 11.6. The van der Waals surface area contributed by atoms with Gasteiger partial charge in [0, 0.05) is 17.6 Å². The second-order valence-electron chi connectivity index (χ2n) is 6.94. The molecule has 0 aliphatic rings. The van der Waals surface area contributed by atoms with Crippen LogP contribution >= 0.6 is 39.1 Å². The molecule has 0 saturated heterocycles. The van der Waals surface area contributed by atoms with Crippen LogP contribution in [0.1, 0.15) is 31.4 Å². The summed E-state index contributed by atoms with van der Waals surface area (Å²) < 4.78 is 6.65. The van der Waals surface area contributed by atoms with Crippen molar-refractivity contribution in [2.24, 2.45) is 0 Å². The topological polar surface area (TPSA) is 58.6 Å². The molecule has 1 N–H and O–H groups in total. The van der Waals surface area contributed by atoms with E-state index >= 15 is 0 Å². The van der Waals surface area contributed by atoms with Crippen molar-refractivity contribution >= 4 is 50.9 Å². The molecule has 0 radical (unpaired) electrons. The highest BCUT2D eigenvalue weighted by molar-refractivity contribution is 9.10. The number of aryl methyl sites for hydroxylation is 1. The number of amides is 2. The highest BCUT2D eigenvalue weighted by Crippen LogP contribution is 2.24. The third kappa shape index (κ3) is 6.89. The molecule has 5 nitrogen and oxygen atoms in total. The van der Waals surface area contributed by atoms with Gasteiger partial charge in [-0.25, -0.2) is 0 Å². The fourth-order valence-electron chi connectivity index (χ4n) is 2.75. The van der Waals surface area contributed by atoms with E-state index in [0.29, 0.717) is 22.3 Å². The van der Waals surface area contributed by atoms with E-state index in [-0.39, 0.29) is 25.0 Å². The number of carbonyl (C=O) groups is 2. The van der Waals surface area contributed by atoms with Crippen molar-refractivity contribution in [1.29, 1.82) is 0 Å². The molecular weight excluding hydrogens is 491 g/mol. The molecule has 1 unspecified atom stereocenters. The lowest BCUT2D eigenvalue weighted by molar-refractivity contribution is -0.142. The van der Waals surface area contributed by atoms with Crippen LogP contribution in [0.5, 0.6) is 5.75 Å². The normalized spacial score (nSPS) is 11.7. The van der Waals surface area contributed by atoms with Gasteiger partial charge in [-0.15, -0.1) is 0 Å². The molecule has 8 heteroatoms. The summed E-state index contributed by atoms with van der Waals surface area (Å²) in [6.45, 7) is 6.18. The van der Waals surface area contributed by atoms with Crippen LogP contribution in [0, 0.1) is 6.92 Å². The number of hydrogen-bond donors (Lipinski definition) is 1. The molecule has 0 aliphatic heterocycles. The van der Waals surface area contributed by atoms with Gasteiger partial charge < -0.3 is 15.0 Å². The Morgan fingerprint density at radius 1 is 1.17 bits per heavy atom. The fraction of sp³-hybridized carbons (Fsp3) is 0.364. The smallest absolute Gasteiger partial charge is 0.261 e. The lowest BCUT2D eigenvalue weighted by Gasteiger charge is -2.29. The Bertz CT molecular complexity index is 908. The summed E-state index contributed by atoms with van der Waals surface area (Å²) in [6.07, 6.45) is 0.811. The van der Waals surface area contributed by atoms with Crippen LogP contribution in [0.2, 0.25) is 10.0 Å². The molecule has 0 fully saturated rings. The fourth-order valence-corrected chi connectivity index (χ4v) is 3.32. The first-order valence-corrected chi connectivity index (χ1v) is 11.2. The van der Waals surface area contributed by atoms with Crippen LogP contribution in [0.25, 0.3) is 0 Å². The molecule has 0 saturated carbocycles. The van der Waals surface area contributed by atoms with E-state index in [1.54, 1.807) is 31.2 Å². The molecule has 0 spiro atoms. The largest absolute Gasteiger partial charge is 0.484 e. The summed E-state index contributed by atoms with van der Waals surface area (Å²) in [4.78, 5) is 27.0. The first-order valence-electron chi connectivity index (χ1n) is 9.63. The number of halogens is 3. The molecule has 2 aromatic rings. The Hall–Kier alpha value is -1.76. The Morgan fingerprint density at radius 3 is 2.53 bits per heavy atom. The number of ether oxygens (including phenoxy) is 1. The quantitative estimate of drug-likeness (QED) is 0.487. The second-order valence-corrected chi connectivity index (χ2v) is 8.61. The van der Waals surface area contributed by atoms with Crippen LogP contribution in [0.15, 0.2) is 40.9 Å². The van der Waals surface area contributed by atoms with Gasteiger partial charge in [-0.05, 0) is 61.7 Å². The summed E-state index contributed by atoms with van der Waals surface area (Å²) in [7, 11) is 0. The van der Waals surface area contributed by atoms with Gasteiger partial charge in [0.15, 0.2) is 6.61 Å². The lowest BCUT2D eigenvalue weighted by atomic mass is 10.1. The number of rotatable bonds is 9. The zero-order valence-electron chi connectivity index (χ0n) is 17.2. The van der Waals surface area contributed by atoms with E-state index in [2.05, 4.69) is 21.2 Å². The van der Waals surface area contributed by atoms with Crippen molar-refractivity contribution in [3.05, 3.63) is 62.0 Å². The van der Waals surface area contributed by atoms with Gasteiger partial charge in [0.2, 0.25) is 5.91 Å². The van der Waals surface area contributed by atoms with Gasteiger partial charge in [0.05, 0.1) is 10.0 Å². The minimum Gasteiger partial charge on any atom is -0.484 e. The van der Waals surface area contributed by atoms with Crippen molar-refractivity contribution in [3.8, 4) is 5.75 Å². The van der Waals surface area contributed by atoms with E-state index in [4.69, 9.17) is 27.9 Å². The predicted octanol–water partition coefficient (Wildman–Crippen LogP) is 5.39. The Labute approximate surface area is 195 Å². The number of nitrogens with zero attached hydrogens (tertiary/aromatic N) is 1. The van der Waals surface area contributed by atoms with Crippen LogP contribution in [-0.2, 0) is 16.1 Å². The molecule has 0 aliphatic carbocycles. The molecule has 2 rings (SSSR count). The summed E-state index contributed by atoms with van der Waals surface area (Å²) >= 11 is 15.5. The zero-order chi connectivity index (χ0) is 22.3. The number of carbonyl (C=O) groups excluding carboxylic acids is 2. The third-order valence-corrected chi connectivity index (χ3v) is 6.17. The van der Waals surface area contributed by atoms with Crippen LogP contribution in [0.3, 0.4) is 0 Å². The van der Waals surface area contributed by atoms with E-state index < -0.39 is 6.04 Å². The first kappa shape index (κ1) is 24.5. The summed E-state index contributed by atoms with van der Waals surface area (Å²) in [6, 6.07) is 9.97. The van der Waals surface area contributed by atoms with Gasteiger partial charge >= 0.3 is 0 Å². The number of hydrogen-bond acceptors (Lipinski definition) is 3. The minimum atomic E-state index is -0.672. The van der Waals surface area contributed by atoms with Crippen LogP contribution in [0.4, 0.5) is 0 Å². The van der Waals surface area contributed by atoms with Gasteiger partial charge in [0.25, 0.3) is 5.91 Å². The first-order chi connectivity index (χ1) is 14.2. The maximum atomic E-state index is 13.0. The SMILES string of the molecule is CCCNC(=O)C(C)N(Cc1ccc(Cl)c(Cl)c1)C(=O)COc1ccc(Br)c(C)c1. The molecule has 2 amide bonds. The summed E-state index contributed by atoms with van der Waals surface area (Å²) in [5, 5.41) is 3.66. The van der Waals surface area contributed by atoms with Crippen molar-refractivity contribution in [3.63, 3.8) is 0 Å². The molecule has 30 heavy (non-hydrogen) atoms. The van der Waals surface area contributed by atoms with Crippen molar-refractivity contribution < 1.29 is 14.3 Å². The van der Waals surface area contributed by atoms with Gasteiger partial charge in [-0.2, -0.15) is 0 Å². The maximum Gasteiger partial charge on any atom is 0.261 e. The van der Waals surface area contributed by atoms with E-state index in [1.807, 2.05) is 26.0 Å². The average Bonchev–Trinajstić information content (AvgIpc) is 2.72. The highest BCUT2D eigenvalue weighted by Gasteiger charge is 2.26. The Kier molecular flexibility index (Phi) is 9.46. The highest BCUT2D eigenvalue weighted by atomic mass is 79.9. The molecule has 162 valence electrons. The number of nitrogens with one attached hydrogen (secondary N) is 1. The maximum absolute atomic E-state index is 13.0. The molecule has 0 aromatic heterocycles. The minimum absolute atomic E-state index is 0.187. The molecule has 2 aromatic carbocycles.